The van der Waals surface area contributed by atoms with Crippen LogP contribution in [0.1, 0.15) is 23.7 Å². The van der Waals surface area contributed by atoms with Gasteiger partial charge in [-0.25, -0.2) is 0 Å². The summed E-state index contributed by atoms with van der Waals surface area (Å²) in [4.78, 5) is 26.4. The van der Waals surface area contributed by atoms with E-state index in [2.05, 4.69) is 5.32 Å². The van der Waals surface area contributed by atoms with Crippen LogP contribution in [0.2, 0.25) is 5.02 Å². The van der Waals surface area contributed by atoms with Crippen LogP contribution in [-0.2, 0) is 14.3 Å². The van der Waals surface area contributed by atoms with Gasteiger partial charge in [-0.3, -0.25) is 14.5 Å². The van der Waals surface area contributed by atoms with E-state index in [-0.39, 0.29) is 35.6 Å². The smallest absolute Gasteiger partial charge is 0.320 e. The van der Waals surface area contributed by atoms with E-state index < -0.39 is 0 Å². The number of carbonyl (C=O) groups excluding carboxylic acids is 2. The number of halogens is 1. The number of benzene rings is 1. The Morgan fingerprint density at radius 2 is 2.11 bits per heavy atom. The molecule has 0 bridgehead atoms. The molecule has 0 aromatic heterocycles. The summed E-state index contributed by atoms with van der Waals surface area (Å²) < 4.78 is 15.7. The minimum Gasteiger partial charge on any atom is -0.496 e. The van der Waals surface area contributed by atoms with Gasteiger partial charge in [0.25, 0.3) is 5.91 Å². The lowest BCUT2D eigenvalue weighted by atomic mass is 10.0. The molecule has 1 amide bonds. The van der Waals surface area contributed by atoms with E-state index in [9.17, 15) is 9.59 Å². The first-order valence-electron chi connectivity index (χ1n) is 8.74. The molecule has 0 spiro atoms. The van der Waals surface area contributed by atoms with Gasteiger partial charge >= 0.3 is 5.97 Å². The number of piperidine rings is 1. The van der Waals surface area contributed by atoms with E-state index in [1.54, 1.807) is 14.0 Å². The van der Waals surface area contributed by atoms with E-state index in [1.165, 1.54) is 19.2 Å². The van der Waals surface area contributed by atoms with E-state index >= 15 is 0 Å². The van der Waals surface area contributed by atoms with Gasteiger partial charge in [-0.2, -0.15) is 0 Å². The van der Waals surface area contributed by atoms with Gasteiger partial charge in [0, 0.05) is 26.3 Å². The molecular weight excluding hydrogens is 374 g/mol. The normalized spacial score (nSPS) is 20.1. The Labute approximate surface area is 163 Å². The van der Waals surface area contributed by atoms with Gasteiger partial charge in [-0.15, -0.1) is 0 Å². The summed E-state index contributed by atoms with van der Waals surface area (Å²) in [6.45, 7) is 3.49. The number of anilines is 1. The summed E-state index contributed by atoms with van der Waals surface area (Å²) in [7, 11) is 3.05. The lowest BCUT2D eigenvalue weighted by molar-refractivity contribution is -0.145. The quantitative estimate of drug-likeness (QED) is 0.526. The van der Waals surface area contributed by atoms with Crippen LogP contribution in [0.3, 0.4) is 0 Å². The number of amides is 1. The third-order valence-corrected chi connectivity index (χ3v) is 4.81. The molecule has 1 heterocycles. The highest BCUT2D eigenvalue weighted by Crippen LogP contribution is 2.29. The van der Waals surface area contributed by atoms with Crippen molar-refractivity contribution in [2.45, 2.75) is 25.5 Å². The Morgan fingerprint density at radius 3 is 2.74 bits per heavy atom. The number of rotatable bonds is 7. The number of esters is 1. The number of ether oxygens (including phenoxy) is 3. The average Bonchev–Trinajstić information content (AvgIpc) is 2.64. The zero-order chi connectivity index (χ0) is 20.0. The Balaban J connectivity index is 2.04. The van der Waals surface area contributed by atoms with Crippen molar-refractivity contribution >= 4 is 29.2 Å². The zero-order valence-electron chi connectivity index (χ0n) is 15.8. The van der Waals surface area contributed by atoms with Crippen molar-refractivity contribution in [1.29, 1.82) is 0 Å². The number of hydrogen-bond acceptors (Lipinski definition) is 7. The standard InChI is InChI=1S/C18H26ClN3O5/c1-4-27-17(23)10-22-6-5-14(16(9-22)26-3)21-18(24)11-7-12(19)13(20)8-15(11)25-2/h7-8,14,16H,4-6,9-10,20H2,1-3H3,(H,21,24)/t14-,16-/m1/s1. The van der Waals surface area contributed by atoms with Gasteiger partial charge in [0.05, 0.1) is 48.7 Å². The molecule has 1 aliphatic rings. The number of nitrogens with zero attached hydrogens (tertiary/aromatic N) is 1. The molecule has 0 saturated carbocycles. The van der Waals surface area contributed by atoms with Gasteiger partial charge in [0.15, 0.2) is 0 Å². The molecule has 0 radical (unpaired) electrons. The molecule has 1 fully saturated rings. The monoisotopic (exact) mass is 399 g/mol. The van der Waals surface area contributed by atoms with Crippen molar-refractivity contribution in [3.63, 3.8) is 0 Å². The van der Waals surface area contributed by atoms with E-state index in [1.807, 2.05) is 4.90 Å². The highest BCUT2D eigenvalue weighted by molar-refractivity contribution is 6.33. The second-order valence-corrected chi connectivity index (χ2v) is 6.66. The summed E-state index contributed by atoms with van der Waals surface area (Å²) in [5, 5.41) is 3.26. The van der Waals surface area contributed by atoms with Crippen molar-refractivity contribution in [3.8, 4) is 5.75 Å². The fourth-order valence-electron chi connectivity index (χ4n) is 3.08. The third kappa shape index (κ3) is 5.47. The minimum absolute atomic E-state index is 0.204. The Morgan fingerprint density at radius 1 is 1.37 bits per heavy atom. The van der Waals surface area contributed by atoms with Crippen LogP contribution in [0, 0.1) is 0 Å². The third-order valence-electron chi connectivity index (χ3n) is 4.48. The van der Waals surface area contributed by atoms with Crippen LogP contribution in [0.15, 0.2) is 12.1 Å². The van der Waals surface area contributed by atoms with Crippen LogP contribution in [-0.4, -0.2) is 69.4 Å². The molecule has 3 N–H and O–H groups in total. The van der Waals surface area contributed by atoms with Crippen molar-refractivity contribution in [2.24, 2.45) is 0 Å². The van der Waals surface area contributed by atoms with Crippen LogP contribution in [0.25, 0.3) is 0 Å². The Kier molecular flexibility index (Phi) is 7.70. The number of nitrogens with two attached hydrogens (primary N) is 1. The largest absolute Gasteiger partial charge is 0.496 e. The van der Waals surface area contributed by atoms with Gasteiger partial charge in [0.1, 0.15) is 5.75 Å². The van der Waals surface area contributed by atoms with Crippen LogP contribution in [0.5, 0.6) is 5.75 Å². The molecule has 150 valence electrons. The first-order chi connectivity index (χ1) is 12.9. The second-order valence-electron chi connectivity index (χ2n) is 6.26. The van der Waals surface area contributed by atoms with Crippen molar-refractivity contribution in [1.82, 2.24) is 10.2 Å². The topological polar surface area (TPSA) is 103 Å². The summed E-state index contributed by atoms with van der Waals surface area (Å²) in [6, 6.07) is 2.80. The summed E-state index contributed by atoms with van der Waals surface area (Å²) in [5.41, 5.74) is 6.41. The van der Waals surface area contributed by atoms with Crippen molar-refractivity contribution < 1.29 is 23.8 Å². The number of likely N-dealkylation sites (tertiary alicyclic amines) is 1. The predicted octanol–water partition coefficient (Wildman–Crippen LogP) is 1.31. The highest BCUT2D eigenvalue weighted by atomic mass is 35.5. The molecule has 9 heteroatoms. The fourth-order valence-corrected chi connectivity index (χ4v) is 3.24. The molecule has 1 aliphatic heterocycles. The summed E-state index contributed by atoms with van der Waals surface area (Å²) in [6.07, 6.45) is 0.377. The van der Waals surface area contributed by atoms with Crippen molar-refractivity contribution in [2.75, 3.05) is 46.2 Å². The van der Waals surface area contributed by atoms with E-state index in [0.717, 1.165) is 0 Å². The second kappa shape index (κ2) is 9.77. The van der Waals surface area contributed by atoms with Gasteiger partial charge in [-0.05, 0) is 19.4 Å². The first kappa shape index (κ1) is 21.3. The zero-order valence-corrected chi connectivity index (χ0v) is 16.5. The molecular formula is C18H26ClN3O5. The maximum Gasteiger partial charge on any atom is 0.320 e. The molecule has 1 aromatic rings. The minimum atomic E-state index is -0.320. The molecule has 0 unspecified atom stereocenters. The highest BCUT2D eigenvalue weighted by Gasteiger charge is 2.32. The maximum atomic E-state index is 12.7. The number of carbonyl (C=O) groups is 2. The van der Waals surface area contributed by atoms with Gasteiger partial charge < -0.3 is 25.3 Å². The van der Waals surface area contributed by atoms with Crippen LogP contribution >= 0.6 is 11.6 Å². The molecule has 8 nitrogen and oxygen atoms in total. The molecule has 2 rings (SSSR count). The first-order valence-corrected chi connectivity index (χ1v) is 9.12. The molecule has 2 atom stereocenters. The number of hydrogen-bond donors (Lipinski definition) is 2. The lowest BCUT2D eigenvalue weighted by Gasteiger charge is -2.37. The average molecular weight is 400 g/mol. The number of nitrogen functional groups attached to an aromatic ring is 1. The van der Waals surface area contributed by atoms with Crippen molar-refractivity contribution in [3.05, 3.63) is 22.7 Å². The Bertz CT molecular complexity index is 685. The summed E-state index contributed by atoms with van der Waals surface area (Å²) in [5.74, 6) is -0.237. The SMILES string of the molecule is CCOC(=O)CN1CC[C@@H](NC(=O)c2cc(Cl)c(N)cc2OC)[C@H](OC)C1. The lowest BCUT2D eigenvalue weighted by Crippen LogP contribution is -2.55. The van der Waals surface area contributed by atoms with Gasteiger partial charge in [0.2, 0.25) is 0 Å². The molecule has 0 aliphatic carbocycles. The number of methoxy groups -OCH3 is 2. The van der Waals surface area contributed by atoms with Gasteiger partial charge in [-0.1, -0.05) is 11.6 Å². The molecule has 1 aromatic carbocycles. The molecule has 1 saturated heterocycles. The maximum absolute atomic E-state index is 12.7. The van der Waals surface area contributed by atoms with Crippen LogP contribution < -0.4 is 15.8 Å². The Hall–Kier alpha value is -2.03. The van der Waals surface area contributed by atoms with Crippen LogP contribution in [0.4, 0.5) is 5.69 Å². The number of nitrogens with one attached hydrogen (secondary N) is 1. The predicted molar refractivity (Wildman–Crippen MR) is 102 cm³/mol. The summed E-state index contributed by atoms with van der Waals surface area (Å²) >= 11 is 6.04. The van der Waals surface area contributed by atoms with E-state index in [0.29, 0.717) is 43.1 Å². The fraction of sp³-hybridized carbons (Fsp3) is 0.556. The molecule has 27 heavy (non-hydrogen) atoms. The van der Waals surface area contributed by atoms with E-state index in [4.69, 9.17) is 31.5 Å².